The van der Waals surface area contributed by atoms with Crippen molar-refractivity contribution in [2.75, 3.05) is 41.3 Å². The van der Waals surface area contributed by atoms with Crippen LogP contribution in [-0.2, 0) is 0 Å². The highest BCUT2D eigenvalue weighted by molar-refractivity contribution is 6.05. The second-order valence-corrected chi connectivity index (χ2v) is 9.93. The van der Waals surface area contributed by atoms with E-state index in [0.717, 1.165) is 11.1 Å². The maximum atomic E-state index is 13.1. The normalized spacial score (nSPS) is 24.5. The lowest BCUT2D eigenvalue weighted by molar-refractivity contribution is -0.168. The number of anilines is 3. The summed E-state index contributed by atoms with van der Waals surface area (Å²) in [5.41, 5.74) is 8.70. The standard InChI is InChI=1S/C26H29F3N6O2/c1-15-12-35(14-19(30)24(15)36)23-6-8-31-11-22(23)33-25(37)20-5-3-16-2-4-18(10-21(16)32-20)34-9-7-17(13-34)26(27,28)29/h2-6,8,10-11,15,17,19,24,36H,7,9,12-14,30H2,1H3,(H,33,37). The third kappa shape index (κ3) is 5.19. The van der Waals surface area contributed by atoms with Gasteiger partial charge in [0, 0.05) is 55.4 Å². The van der Waals surface area contributed by atoms with Crippen LogP contribution in [0.3, 0.4) is 0 Å². The summed E-state index contributed by atoms with van der Waals surface area (Å²) in [4.78, 5) is 25.5. The third-order valence-electron chi connectivity index (χ3n) is 7.27. The van der Waals surface area contributed by atoms with Crippen LogP contribution in [0.1, 0.15) is 23.8 Å². The number of hydrogen-bond acceptors (Lipinski definition) is 7. The number of rotatable bonds is 4. The molecule has 4 atom stereocenters. The average Bonchev–Trinajstić information content (AvgIpc) is 3.38. The van der Waals surface area contributed by atoms with E-state index in [1.54, 1.807) is 53.7 Å². The van der Waals surface area contributed by atoms with Crippen molar-refractivity contribution in [3.8, 4) is 0 Å². The van der Waals surface area contributed by atoms with E-state index in [0.29, 0.717) is 36.5 Å². The Morgan fingerprint density at radius 2 is 1.92 bits per heavy atom. The Hall–Kier alpha value is -3.44. The minimum absolute atomic E-state index is 0.0427. The van der Waals surface area contributed by atoms with Gasteiger partial charge < -0.3 is 26.0 Å². The highest BCUT2D eigenvalue weighted by Crippen LogP contribution is 2.36. The van der Waals surface area contributed by atoms with Crippen LogP contribution in [0.15, 0.2) is 48.8 Å². The third-order valence-corrected chi connectivity index (χ3v) is 7.27. The number of amides is 1. The molecule has 2 saturated heterocycles. The van der Waals surface area contributed by atoms with Gasteiger partial charge in [0.05, 0.1) is 35.1 Å². The fourth-order valence-corrected chi connectivity index (χ4v) is 5.15. The first-order valence-electron chi connectivity index (χ1n) is 12.3. The Labute approximate surface area is 212 Å². The molecule has 2 fully saturated rings. The lowest BCUT2D eigenvalue weighted by atomic mass is 9.92. The van der Waals surface area contributed by atoms with E-state index in [9.17, 15) is 23.1 Å². The van der Waals surface area contributed by atoms with Gasteiger partial charge in [-0.05, 0) is 30.7 Å². The number of carbonyl (C=O) groups excluding carboxylic acids is 1. The number of alkyl halides is 3. The molecule has 196 valence electrons. The number of nitrogens with two attached hydrogens (primary N) is 1. The first-order chi connectivity index (χ1) is 17.6. The summed E-state index contributed by atoms with van der Waals surface area (Å²) in [5.74, 6) is -1.82. The molecule has 1 aromatic carbocycles. The van der Waals surface area contributed by atoms with Gasteiger partial charge in [-0.25, -0.2) is 4.98 Å². The lowest BCUT2D eigenvalue weighted by Crippen LogP contribution is -2.55. The number of halogens is 3. The van der Waals surface area contributed by atoms with Crippen LogP contribution in [-0.4, -0.2) is 65.5 Å². The lowest BCUT2D eigenvalue weighted by Gasteiger charge is -2.40. The van der Waals surface area contributed by atoms with Gasteiger partial charge in [-0.1, -0.05) is 19.1 Å². The summed E-state index contributed by atoms with van der Waals surface area (Å²) in [6.07, 6.45) is -1.56. The Kier molecular flexibility index (Phi) is 6.67. The van der Waals surface area contributed by atoms with Crippen molar-refractivity contribution >= 4 is 33.9 Å². The number of benzene rings is 1. The maximum absolute atomic E-state index is 13.1. The second kappa shape index (κ2) is 9.79. The summed E-state index contributed by atoms with van der Waals surface area (Å²) in [6, 6.07) is 10.1. The van der Waals surface area contributed by atoms with Gasteiger partial charge in [-0.3, -0.25) is 9.78 Å². The highest BCUT2D eigenvalue weighted by atomic mass is 19.4. The Morgan fingerprint density at radius 3 is 2.65 bits per heavy atom. The zero-order chi connectivity index (χ0) is 26.3. The van der Waals surface area contributed by atoms with Gasteiger partial charge in [0.15, 0.2) is 0 Å². The number of aromatic nitrogens is 2. The quantitative estimate of drug-likeness (QED) is 0.490. The molecule has 0 bridgehead atoms. The zero-order valence-electron chi connectivity index (χ0n) is 20.3. The number of nitrogens with one attached hydrogen (secondary N) is 1. The number of hydrogen-bond donors (Lipinski definition) is 3. The van der Waals surface area contributed by atoms with Crippen molar-refractivity contribution in [3.63, 3.8) is 0 Å². The molecule has 2 aliphatic rings. The molecule has 5 rings (SSSR count). The fourth-order valence-electron chi connectivity index (χ4n) is 5.15. The molecule has 0 spiro atoms. The van der Waals surface area contributed by atoms with E-state index in [4.69, 9.17) is 5.73 Å². The number of aliphatic hydroxyl groups is 1. The van der Waals surface area contributed by atoms with Crippen LogP contribution in [0.5, 0.6) is 0 Å². The number of carbonyl (C=O) groups is 1. The van der Waals surface area contributed by atoms with Crippen molar-refractivity contribution in [2.45, 2.75) is 31.7 Å². The predicted molar refractivity (Wildman–Crippen MR) is 136 cm³/mol. The largest absolute Gasteiger partial charge is 0.393 e. The van der Waals surface area contributed by atoms with Crippen LogP contribution >= 0.6 is 0 Å². The van der Waals surface area contributed by atoms with Crippen LogP contribution in [0.25, 0.3) is 10.9 Å². The zero-order valence-corrected chi connectivity index (χ0v) is 20.3. The molecule has 3 aromatic rings. The summed E-state index contributed by atoms with van der Waals surface area (Å²) in [6.45, 7) is 3.16. The number of fused-ring (bicyclic) bond motifs is 1. The number of piperidine rings is 1. The first kappa shape index (κ1) is 25.2. The van der Waals surface area contributed by atoms with Crippen LogP contribution in [0.4, 0.5) is 30.2 Å². The number of nitrogens with zero attached hydrogens (tertiary/aromatic N) is 4. The van der Waals surface area contributed by atoms with Crippen molar-refractivity contribution in [1.82, 2.24) is 9.97 Å². The van der Waals surface area contributed by atoms with E-state index in [-0.39, 0.29) is 24.6 Å². The molecular weight excluding hydrogens is 485 g/mol. The Balaban J connectivity index is 1.35. The summed E-state index contributed by atoms with van der Waals surface area (Å²) in [7, 11) is 0. The van der Waals surface area contributed by atoms with Gasteiger partial charge in [-0.15, -0.1) is 0 Å². The molecule has 8 nitrogen and oxygen atoms in total. The number of aliphatic hydroxyl groups excluding tert-OH is 1. The molecule has 2 aliphatic heterocycles. The topological polar surface area (TPSA) is 108 Å². The maximum Gasteiger partial charge on any atom is 0.393 e. The first-order valence-corrected chi connectivity index (χ1v) is 12.3. The van der Waals surface area contributed by atoms with Crippen molar-refractivity contribution < 1.29 is 23.1 Å². The van der Waals surface area contributed by atoms with E-state index in [2.05, 4.69) is 15.3 Å². The molecule has 2 aromatic heterocycles. The Bertz CT molecular complexity index is 1290. The van der Waals surface area contributed by atoms with Crippen molar-refractivity contribution in [3.05, 3.63) is 54.5 Å². The van der Waals surface area contributed by atoms with Crippen LogP contribution in [0.2, 0.25) is 0 Å². The summed E-state index contributed by atoms with van der Waals surface area (Å²) >= 11 is 0. The Morgan fingerprint density at radius 1 is 1.14 bits per heavy atom. The van der Waals surface area contributed by atoms with Crippen molar-refractivity contribution in [2.24, 2.45) is 17.6 Å². The SMILES string of the molecule is CC1CN(c2ccncc2NC(=O)c2ccc3ccc(N4CCC(C(F)(F)F)C4)cc3n2)CC(N)C1O. The smallest absolute Gasteiger partial charge is 0.391 e. The molecule has 0 saturated carbocycles. The van der Waals surface area contributed by atoms with E-state index >= 15 is 0 Å². The molecular formula is C26H29F3N6O2. The molecule has 11 heteroatoms. The molecule has 0 radical (unpaired) electrons. The van der Waals surface area contributed by atoms with Gasteiger partial charge in [-0.2, -0.15) is 13.2 Å². The van der Waals surface area contributed by atoms with E-state index in [1.807, 2.05) is 11.8 Å². The second-order valence-electron chi connectivity index (χ2n) is 9.93. The van der Waals surface area contributed by atoms with Crippen LogP contribution in [0, 0.1) is 11.8 Å². The highest BCUT2D eigenvalue weighted by Gasteiger charge is 2.43. The van der Waals surface area contributed by atoms with Gasteiger partial charge in [0.25, 0.3) is 5.91 Å². The molecule has 37 heavy (non-hydrogen) atoms. The minimum Gasteiger partial charge on any atom is -0.391 e. The van der Waals surface area contributed by atoms with Gasteiger partial charge >= 0.3 is 6.18 Å². The van der Waals surface area contributed by atoms with Crippen LogP contribution < -0.4 is 20.9 Å². The van der Waals surface area contributed by atoms with Gasteiger partial charge in [0.1, 0.15) is 5.69 Å². The molecule has 0 aliphatic carbocycles. The average molecular weight is 515 g/mol. The molecule has 4 heterocycles. The van der Waals surface area contributed by atoms with E-state index < -0.39 is 30.1 Å². The minimum atomic E-state index is -4.21. The van der Waals surface area contributed by atoms with Crippen molar-refractivity contribution in [1.29, 1.82) is 0 Å². The van der Waals surface area contributed by atoms with E-state index in [1.165, 1.54) is 0 Å². The molecule has 1 amide bonds. The van der Waals surface area contributed by atoms with Gasteiger partial charge in [0.2, 0.25) is 0 Å². The monoisotopic (exact) mass is 514 g/mol. The number of pyridine rings is 2. The molecule has 4 N–H and O–H groups in total. The fraction of sp³-hybridized carbons (Fsp3) is 0.423. The summed E-state index contributed by atoms with van der Waals surface area (Å²) < 4.78 is 39.4. The summed E-state index contributed by atoms with van der Waals surface area (Å²) in [5, 5.41) is 13.9. The molecule has 4 unspecified atom stereocenters. The predicted octanol–water partition coefficient (Wildman–Crippen LogP) is 3.42.